The van der Waals surface area contributed by atoms with Gasteiger partial charge in [0.25, 0.3) is 5.91 Å². The van der Waals surface area contributed by atoms with Crippen LogP contribution in [0.25, 0.3) is 0 Å². The van der Waals surface area contributed by atoms with Gasteiger partial charge in [0.05, 0.1) is 6.10 Å². The van der Waals surface area contributed by atoms with E-state index < -0.39 is 0 Å². The standard InChI is InChI=1S/C16H16FNO2/c1-20-15(13-8-5-9-14(17)10-13)11-18-16(19)12-6-3-2-4-7-12/h2-10,15H,11H2,1H3,(H,18,19). The highest BCUT2D eigenvalue weighted by Crippen LogP contribution is 2.16. The third-order valence-corrected chi connectivity index (χ3v) is 2.99. The smallest absolute Gasteiger partial charge is 0.251 e. The van der Waals surface area contributed by atoms with Gasteiger partial charge in [-0.25, -0.2) is 4.39 Å². The fourth-order valence-electron chi connectivity index (χ4n) is 1.92. The van der Waals surface area contributed by atoms with Crippen molar-refractivity contribution in [3.63, 3.8) is 0 Å². The molecule has 0 radical (unpaired) electrons. The van der Waals surface area contributed by atoms with Crippen molar-refractivity contribution in [3.05, 3.63) is 71.5 Å². The van der Waals surface area contributed by atoms with Gasteiger partial charge in [0.1, 0.15) is 5.82 Å². The molecule has 2 aromatic rings. The molecule has 4 heteroatoms. The summed E-state index contributed by atoms with van der Waals surface area (Å²) in [6.07, 6.45) is -0.377. The molecule has 104 valence electrons. The first-order chi connectivity index (χ1) is 9.70. The molecule has 2 rings (SSSR count). The van der Waals surface area contributed by atoms with Crippen LogP contribution in [-0.2, 0) is 4.74 Å². The highest BCUT2D eigenvalue weighted by Gasteiger charge is 2.13. The first-order valence-corrected chi connectivity index (χ1v) is 6.32. The minimum absolute atomic E-state index is 0.177. The van der Waals surface area contributed by atoms with E-state index in [-0.39, 0.29) is 24.4 Å². The number of carbonyl (C=O) groups excluding carboxylic acids is 1. The first-order valence-electron chi connectivity index (χ1n) is 6.32. The average molecular weight is 273 g/mol. The second kappa shape index (κ2) is 6.82. The Morgan fingerprint density at radius 2 is 1.95 bits per heavy atom. The molecule has 3 nitrogen and oxygen atoms in total. The Hall–Kier alpha value is -2.20. The molecule has 0 aliphatic carbocycles. The number of hydrogen-bond acceptors (Lipinski definition) is 2. The second-order valence-corrected chi connectivity index (χ2v) is 4.36. The van der Waals surface area contributed by atoms with Crippen molar-refractivity contribution in [1.29, 1.82) is 0 Å². The second-order valence-electron chi connectivity index (χ2n) is 4.36. The van der Waals surface area contributed by atoms with Crippen molar-refractivity contribution in [3.8, 4) is 0 Å². The quantitative estimate of drug-likeness (QED) is 0.909. The van der Waals surface area contributed by atoms with E-state index >= 15 is 0 Å². The molecular formula is C16H16FNO2. The summed E-state index contributed by atoms with van der Waals surface area (Å²) in [4.78, 5) is 11.9. The van der Waals surface area contributed by atoms with Gasteiger partial charge in [0.15, 0.2) is 0 Å². The number of amides is 1. The van der Waals surface area contributed by atoms with Gasteiger partial charge in [-0.3, -0.25) is 4.79 Å². The normalized spacial score (nSPS) is 11.9. The van der Waals surface area contributed by atoms with Crippen LogP contribution in [0.3, 0.4) is 0 Å². The number of methoxy groups -OCH3 is 1. The molecule has 1 amide bonds. The molecule has 0 aliphatic heterocycles. The summed E-state index contributed by atoms with van der Waals surface area (Å²) in [6.45, 7) is 0.285. The van der Waals surface area contributed by atoms with Crippen molar-refractivity contribution < 1.29 is 13.9 Å². The SMILES string of the molecule is COC(CNC(=O)c1ccccc1)c1cccc(F)c1. The van der Waals surface area contributed by atoms with Gasteiger partial charge < -0.3 is 10.1 Å². The maximum absolute atomic E-state index is 13.2. The lowest BCUT2D eigenvalue weighted by Crippen LogP contribution is -2.29. The Kier molecular flexibility index (Phi) is 4.85. The molecule has 0 spiro atoms. The average Bonchev–Trinajstić information content (AvgIpc) is 2.48. The van der Waals surface area contributed by atoms with Crippen LogP contribution in [0.2, 0.25) is 0 Å². The molecule has 0 aromatic heterocycles. The Morgan fingerprint density at radius 1 is 1.20 bits per heavy atom. The number of benzene rings is 2. The number of hydrogen-bond donors (Lipinski definition) is 1. The van der Waals surface area contributed by atoms with Crippen LogP contribution in [0, 0.1) is 5.82 Å². The third kappa shape index (κ3) is 3.65. The lowest BCUT2D eigenvalue weighted by molar-refractivity contribution is 0.0827. The maximum atomic E-state index is 13.2. The predicted octanol–water partition coefficient (Wildman–Crippen LogP) is 2.94. The molecule has 1 N–H and O–H groups in total. The molecule has 1 unspecified atom stereocenters. The van der Waals surface area contributed by atoms with Crippen molar-refractivity contribution in [2.24, 2.45) is 0 Å². The number of ether oxygens (including phenoxy) is 1. The zero-order valence-electron chi connectivity index (χ0n) is 11.2. The molecular weight excluding hydrogens is 257 g/mol. The van der Waals surface area contributed by atoms with E-state index in [2.05, 4.69) is 5.32 Å². The fraction of sp³-hybridized carbons (Fsp3) is 0.188. The molecule has 0 heterocycles. The third-order valence-electron chi connectivity index (χ3n) is 2.99. The van der Waals surface area contributed by atoms with Crippen LogP contribution < -0.4 is 5.32 Å². The summed E-state index contributed by atoms with van der Waals surface area (Å²) in [5.41, 5.74) is 1.28. The van der Waals surface area contributed by atoms with E-state index in [1.54, 1.807) is 36.4 Å². The van der Waals surface area contributed by atoms with Crippen molar-refractivity contribution in [2.45, 2.75) is 6.10 Å². The van der Waals surface area contributed by atoms with Crippen molar-refractivity contribution >= 4 is 5.91 Å². The summed E-state index contributed by atoms with van der Waals surface area (Å²) in [5.74, 6) is -0.497. The summed E-state index contributed by atoms with van der Waals surface area (Å²) >= 11 is 0. The van der Waals surface area contributed by atoms with E-state index in [1.807, 2.05) is 6.07 Å². The van der Waals surface area contributed by atoms with Crippen molar-refractivity contribution in [2.75, 3.05) is 13.7 Å². The minimum Gasteiger partial charge on any atom is -0.375 e. The van der Waals surface area contributed by atoms with E-state index in [0.717, 1.165) is 0 Å². The van der Waals surface area contributed by atoms with Gasteiger partial charge in [0.2, 0.25) is 0 Å². The highest BCUT2D eigenvalue weighted by molar-refractivity contribution is 5.94. The molecule has 0 saturated heterocycles. The topological polar surface area (TPSA) is 38.3 Å². The van der Waals surface area contributed by atoms with Crippen molar-refractivity contribution in [1.82, 2.24) is 5.32 Å². The lowest BCUT2D eigenvalue weighted by Gasteiger charge is -2.16. The Bertz CT molecular complexity index is 572. The Labute approximate surface area is 117 Å². The largest absolute Gasteiger partial charge is 0.375 e. The van der Waals surface area contributed by atoms with Gasteiger partial charge in [-0.15, -0.1) is 0 Å². The summed E-state index contributed by atoms with van der Waals surface area (Å²) in [7, 11) is 1.53. The molecule has 0 saturated carbocycles. The van der Waals surface area contributed by atoms with E-state index in [9.17, 15) is 9.18 Å². The van der Waals surface area contributed by atoms with E-state index in [4.69, 9.17) is 4.74 Å². The van der Waals surface area contributed by atoms with Gasteiger partial charge in [-0.2, -0.15) is 0 Å². The minimum atomic E-state index is -0.377. The first kappa shape index (κ1) is 14.2. The molecule has 1 atom stereocenters. The Balaban J connectivity index is 1.99. The molecule has 0 bridgehead atoms. The predicted molar refractivity (Wildman–Crippen MR) is 74.9 cm³/mol. The highest BCUT2D eigenvalue weighted by atomic mass is 19.1. The van der Waals surface area contributed by atoms with E-state index in [0.29, 0.717) is 11.1 Å². The number of rotatable bonds is 5. The summed E-state index contributed by atoms with van der Waals surface area (Å²) < 4.78 is 18.5. The van der Waals surface area contributed by atoms with E-state index in [1.165, 1.54) is 19.2 Å². The van der Waals surface area contributed by atoms with Gasteiger partial charge in [-0.1, -0.05) is 30.3 Å². The number of halogens is 1. The van der Waals surface area contributed by atoms with Crippen LogP contribution in [0.1, 0.15) is 22.0 Å². The van der Waals surface area contributed by atoms with Crippen LogP contribution in [-0.4, -0.2) is 19.6 Å². The zero-order chi connectivity index (χ0) is 14.4. The summed E-state index contributed by atoms with van der Waals surface area (Å²) in [5, 5.41) is 2.78. The molecule has 0 aliphatic rings. The molecule has 20 heavy (non-hydrogen) atoms. The van der Waals surface area contributed by atoms with Gasteiger partial charge in [0, 0.05) is 19.2 Å². The van der Waals surface area contributed by atoms with Crippen LogP contribution in [0.15, 0.2) is 54.6 Å². The molecule has 0 fully saturated rings. The molecule has 2 aromatic carbocycles. The van der Waals surface area contributed by atoms with Crippen LogP contribution in [0.4, 0.5) is 4.39 Å². The summed E-state index contributed by atoms with van der Waals surface area (Å²) in [6, 6.07) is 15.1. The maximum Gasteiger partial charge on any atom is 0.251 e. The lowest BCUT2D eigenvalue weighted by atomic mass is 10.1. The zero-order valence-corrected chi connectivity index (χ0v) is 11.2. The Morgan fingerprint density at radius 3 is 2.60 bits per heavy atom. The van der Waals surface area contributed by atoms with Gasteiger partial charge in [-0.05, 0) is 29.8 Å². The van der Waals surface area contributed by atoms with Gasteiger partial charge >= 0.3 is 0 Å². The van der Waals surface area contributed by atoms with Crippen LogP contribution >= 0.6 is 0 Å². The van der Waals surface area contributed by atoms with Crippen LogP contribution in [0.5, 0.6) is 0 Å². The number of nitrogens with one attached hydrogen (secondary N) is 1. The number of carbonyl (C=O) groups is 1. The monoisotopic (exact) mass is 273 g/mol. The fourth-order valence-corrected chi connectivity index (χ4v) is 1.92.